The Hall–Kier alpha value is -0.610. The first-order valence-corrected chi connectivity index (χ1v) is 6.60. The number of likely N-dealkylation sites (N-methyl/N-ethyl adjacent to an activating group) is 1. The Bertz CT molecular complexity index is 255. The first-order chi connectivity index (χ1) is 7.90. The third-order valence-corrected chi connectivity index (χ3v) is 3.53. The summed E-state index contributed by atoms with van der Waals surface area (Å²) in [5.74, 6) is 0.761. The molecule has 17 heavy (non-hydrogen) atoms. The van der Waals surface area contributed by atoms with E-state index in [-0.39, 0.29) is 23.9 Å². The second-order valence-corrected chi connectivity index (χ2v) is 5.86. The molecule has 0 aromatic carbocycles. The monoisotopic (exact) mass is 241 g/mol. The number of nitrogens with one attached hydrogen (secondary N) is 1. The van der Waals surface area contributed by atoms with Crippen LogP contribution in [0.3, 0.4) is 0 Å². The van der Waals surface area contributed by atoms with Crippen LogP contribution >= 0.6 is 0 Å². The molecule has 1 aliphatic carbocycles. The van der Waals surface area contributed by atoms with Gasteiger partial charge in [0.1, 0.15) is 0 Å². The highest BCUT2D eigenvalue weighted by Crippen LogP contribution is 2.28. The van der Waals surface area contributed by atoms with Crippen LogP contribution in [-0.2, 0) is 4.79 Å². The van der Waals surface area contributed by atoms with E-state index in [2.05, 4.69) is 17.1 Å². The van der Waals surface area contributed by atoms with Gasteiger partial charge in [-0.05, 0) is 46.2 Å². The van der Waals surface area contributed by atoms with E-state index >= 15 is 0 Å². The van der Waals surface area contributed by atoms with Crippen molar-refractivity contribution < 1.29 is 4.79 Å². The number of hydrogen-bond acceptors (Lipinski definition) is 3. The first kappa shape index (κ1) is 14.5. The van der Waals surface area contributed by atoms with Gasteiger partial charge < -0.3 is 16.0 Å². The van der Waals surface area contributed by atoms with Gasteiger partial charge in [-0.25, -0.2) is 0 Å². The van der Waals surface area contributed by atoms with Crippen molar-refractivity contribution in [3.8, 4) is 0 Å². The van der Waals surface area contributed by atoms with Crippen LogP contribution in [0.2, 0.25) is 0 Å². The largest absolute Gasteiger partial charge is 0.352 e. The maximum atomic E-state index is 12.1. The zero-order valence-corrected chi connectivity index (χ0v) is 11.6. The summed E-state index contributed by atoms with van der Waals surface area (Å²) in [7, 11) is 4.02. The van der Waals surface area contributed by atoms with Crippen LogP contribution in [-0.4, -0.2) is 43.5 Å². The molecule has 100 valence electrons. The molecule has 0 saturated heterocycles. The second kappa shape index (κ2) is 6.36. The molecule has 0 aromatic rings. The first-order valence-electron chi connectivity index (χ1n) is 6.60. The third-order valence-electron chi connectivity index (χ3n) is 3.53. The Morgan fingerprint density at radius 3 is 2.71 bits per heavy atom. The van der Waals surface area contributed by atoms with Gasteiger partial charge in [0.25, 0.3) is 0 Å². The highest BCUT2D eigenvalue weighted by Gasteiger charge is 2.31. The van der Waals surface area contributed by atoms with Gasteiger partial charge >= 0.3 is 0 Å². The molecule has 1 fully saturated rings. The lowest BCUT2D eigenvalue weighted by Crippen LogP contribution is -2.49. The summed E-state index contributed by atoms with van der Waals surface area (Å²) in [6.07, 6.45) is 3.06. The molecule has 1 amide bonds. The minimum absolute atomic E-state index is 0.00311. The van der Waals surface area contributed by atoms with Crippen molar-refractivity contribution in [1.82, 2.24) is 10.2 Å². The van der Waals surface area contributed by atoms with Crippen molar-refractivity contribution in [2.75, 3.05) is 20.6 Å². The van der Waals surface area contributed by atoms with Gasteiger partial charge in [0.15, 0.2) is 0 Å². The third kappa shape index (κ3) is 4.64. The molecule has 0 bridgehead atoms. The quantitative estimate of drug-likeness (QED) is 0.766. The summed E-state index contributed by atoms with van der Waals surface area (Å²) in [6, 6.07) is 0.222. The minimum atomic E-state index is 0.00311. The standard InChI is InChI=1S/C13H27N3O/c1-9-5-6-12(14)11(7-9)13(17)15-10(2)8-16(3)4/h9-12H,5-8,14H2,1-4H3,(H,15,17). The maximum absolute atomic E-state index is 12.1. The Morgan fingerprint density at radius 2 is 2.12 bits per heavy atom. The molecule has 0 spiro atoms. The van der Waals surface area contributed by atoms with E-state index in [4.69, 9.17) is 5.73 Å². The van der Waals surface area contributed by atoms with Crippen molar-refractivity contribution in [2.24, 2.45) is 17.6 Å². The molecule has 4 unspecified atom stereocenters. The zero-order chi connectivity index (χ0) is 13.0. The van der Waals surface area contributed by atoms with Crippen molar-refractivity contribution in [1.29, 1.82) is 0 Å². The van der Waals surface area contributed by atoms with Gasteiger partial charge in [-0.2, -0.15) is 0 Å². The molecule has 0 aromatic heterocycles. The predicted molar refractivity (Wildman–Crippen MR) is 70.6 cm³/mol. The number of amides is 1. The fourth-order valence-electron chi connectivity index (χ4n) is 2.65. The number of hydrogen-bond donors (Lipinski definition) is 2. The normalized spacial score (nSPS) is 31.3. The molecular weight excluding hydrogens is 214 g/mol. The summed E-state index contributed by atoms with van der Waals surface area (Å²) in [5.41, 5.74) is 6.05. The fraction of sp³-hybridized carbons (Fsp3) is 0.923. The van der Waals surface area contributed by atoms with Crippen LogP contribution in [0.1, 0.15) is 33.1 Å². The fourth-order valence-corrected chi connectivity index (χ4v) is 2.65. The Balaban J connectivity index is 2.45. The summed E-state index contributed by atoms with van der Waals surface area (Å²) >= 11 is 0. The van der Waals surface area contributed by atoms with Crippen LogP contribution in [0.5, 0.6) is 0 Å². The maximum Gasteiger partial charge on any atom is 0.224 e. The molecule has 0 aliphatic heterocycles. The Labute approximate surface area is 105 Å². The van der Waals surface area contributed by atoms with E-state index < -0.39 is 0 Å². The van der Waals surface area contributed by atoms with Crippen molar-refractivity contribution in [3.63, 3.8) is 0 Å². The molecule has 4 heteroatoms. The molecule has 4 atom stereocenters. The average molecular weight is 241 g/mol. The Morgan fingerprint density at radius 1 is 1.47 bits per heavy atom. The summed E-state index contributed by atoms with van der Waals surface area (Å²) in [6.45, 7) is 5.11. The van der Waals surface area contributed by atoms with Crippen molar-refractivity contribution >= 4 is 5.91 Å². The van der Waals surface area contributed by atoms with Crippen molar-refractivity contribution in [2.45, 2.75) is 45.2 Å². The van der Waals surface area contributed by atoms with Crippen LogP contribution < -0.4 is 11.1 Å². The molecule has 4 nitrogen and oxygen atoms in total. The number of nitrogens with zero attached hydrogens (tertiary/aromatic N) is 1. The SMILES string of the molecule is CC1CCC(N)C(C(=O)NC(C)CN(C)C)C1. The second-order valence-electron chi connectivity index (χ2n) is 5.86. The van der Waals surface area contributed by atoms with E-state index in [9.17, 15) is 4.79 Å². The van der Waals surface area contributed by atoms with Crippen LogP contribution in [0.25, 0.3) is 0 Å². The van der Waals surface area contributed by atoms with Gasteiger partial charge in [0.2, 0.25) is 5.91 Å². The van der Waals surface area contributed by atoms with Gasteiger partial charge in [0, 0.05) is 18.6 Å². The van der Waals surface area contributed by atoms with Crippen LogP contribution in [0.15, 0.2) is 0 Å². The summed E-state index contributed by atoms with van der Waals surface area (Å²) in [4.78, 5) is 14.2. The average Bonchev–Trinajstić information content (AvgIpc) is 2.20. The minimum Gasteiger partial charge on any atom is -0.352 e. The molecule has 1 saturated carbocycles. The van der Waals surface area contributed by atoms with Gasteiger partial charge in [-0.15, -0.1) is 0 Å². The summed E-state index contributed by atoms with van der Waals surface area (Å²) < 4.78 is 0. The van der Waals surface area contributed by atoms with E-state index in [0.717, 1.165) is 25.8 Å². The number of nitrogens with two attached hydrogens (primary N) is 1. The highest BCUT2D eigenvalue weighted by molar-refractivity contribution is 5.79. The smallest absolute Gasteiger partial charge is 0.224 e. The van der Waals surface area contributed by atoms with Crippen LogP contribution in [0, 0.1) is 11.8 Å². The van der Waals surface area contributed by atoms with E-state index in [1.807, 2.05) is 21.0 Å². The molecule has 0 heterocycles. The summed E-state index contributed by atoms with van der Waals surface area (Å²) in [5, 5.41) is 3.07. The number of rotatable bonds is 4. The van der Waals surface area contributed by atoms with E-state index in [1.165, 1.54) is 0 Å². The van der Waals surface area contributed by atoms with E-state index in [1.54, 1.807) is 0 Å². The molecule has 0 radical (unpaired) electrons. The number of carbonyl (C=O) groups is 1. The van der Waals surface area contributed by atoms with E-state index in [0.29, 0.717) is 5.92 Å². The molecular formula is C13H27N3O. The van der Waals surface area contributed by atoms with Crippen molar-refractivity contribution in [3.05, 3.63) is 0 Å². The molecule has 3 N–H and O–H groups in total. The topological polar surface area (TPSA) is 58.4 Å². The van der Waals surface area contributed by atoms with Gasteiger partial charge in [-0.3, -0.25) is 4.79 Å². The van der Waals surface area contributed by atoms with Crippen LogP contribution in [0.4, 0.5) is 0 Å². The Kier molecular flexibility index (Phi) is 5.40. The lowest BCUT2D eigenvalue weighted by atomic mass is 9.78. The zero-order valence-electron chi connectivity index (χ0n) is 11.6. The molecule has 1 aliphatic rings. The van der Waals surface area contributed by atoms with Gasteiger partial charge in [0.05, 0.1) is 5.92 Å². The molecule has 1 rings (SSSR count). The van der Waals surface area contributed by atoms with Gasteiger partial charge in [-0.1, -0.05) is 6.92 Å². The lowest BCUT2D eigenvalue weighted by Gasteiger charge is -2.32. The predicted octanol–water partition coefficient (Wildman–Crippen LogP) is 0.816. The lowest BCUT2D eigenvalue weighted by molar-refractivity contribution is -0.127. The highest BCUT2D eigenvalue weighted by atomic mass is 16.2. The number of carbonyl (C=O) groups excluding carboxylic acids is 1.